The van der Waals surface area contributed by atoms with Gasteiger partial charge < -0.3 is 5.32 Å². The first-order valence-electron chi connectivity index (χ1n) is 7.55. The standard InChI is InChI=1S/C17H18ClN3O3S/c1-3-10-20(11-13-8-9-16(18)25-13)12(2)17(22)19-14-6-4-5-7-15(14)21(23)24/h3-9,12H,1,10-11H2,2H3,(H,19,22)/t12-/m1/s1. The third kappa shape index (κ3) is 5.12. The van der Waals surface area contributed by atoms with Crippen LogP contribution in [0.15, 0.2) is 49.1 Å². The van der Waals surface area contributed by atoms with Crippen molar-refractivity contribution in [2.75, 3.05) is 11.9 Å². The second kappa shape index (κ2) is 8.75. The quantitative estimate of drug-likeness (QED) is 0.421. The lowest BCUT2D eigenvalue weighted by molar-refractivity contribution is -0.383. The van der Waals surface area contributed by atoms with Crippen LogP contribution in [-0.2, 0) is 11.3 Å². The summed E-state index contributed by atoms with van der Waals surface area (Å²) in [4.78, 5) is 26.1. The number of nitro groups is 1. The van der Waals surface area contributed by atoms with Gasteiger partial charge in [-0.1, -0.05) is 29.8 Å². The zero-order valence-electron chi connectivity index (χ0n) is 13.6. The first kappa shape index (κ1) is 19.1. The number of anilines is 1. The smallest absolute Gasteiger partial charge is 0.292 e. The van der Waals surface area contributed by atoms with Crippen molar-refractivity contribution >= 4 is 40.2 Å². The van der Waals surface area contributed by atoms with Crippen LogP contribution in [0.5, 0.6) is 0 Å². The van der Waals surface area contributed by atoms with Gasteiger partial charge in [0.25, 0.3) is 5.69 Å². The van der Waals surface area contributed by atoms with Crippen molar-refractivity contribution in [3.8, 4) is 0 Å². The highest BCUT2D eigenvalue weighted by molar-refractivity contribution is 7.16. The number of hydrogen-bond acceptors (Lipinski definition) is 5. The van der Waals surface area contributed by atoms with Crippen molar-refractivity contribution in [1.82, 2.24) is 4.90 Å². The number of benzene rings is 1. The summed E-state index contributed by atoms with van der Waals surface area (Å²) < 4.78 is 0.686. The molecule has 1 atom stereocenters. The predicted molar refractivity (Wildman–Crippen MR) is 101 cm³/mol. The molecular weight excluding hydrogens is 362 g/mol. The number of carbonyl (C=O) groups excluding carboxylic acids is 1. The van der Waals surface area contributed by atoms with Crippen LogP contribution in [0.25, 0.3) is 0 Å². The lowest BCUT2D eigenvalue weighted by Crippen LogP contribution is -2.41. The van der Waals surface area contributed by atoms with Crippen LogP contribution >= 0.6 is 22.9 Å². The van der Waals surface area contributed by atoms with Gasteiger partial charge in [-0.3, -0.25) is 19.8 Å². The highest BCUT2D eigenvalue weighted by atomic mass is 35.5. The van der Waals surface area contributed by atoms with Crippen LogP contribution in [0.4, 0.5) is 11.4 Å². The minimum absolute atomic E-state index is 0.136. The molecule has 25 heavy (non-hydrogen) atoms. The Labute approximate surface area is 154 Å². The van der Waals surface area contributed by atoms with E-state index in [1.165, 1.54) is 23.5 Å². The minimum Gasteiger partial charge on any atom is -0.319 e. The zero-order chi connectivity index (χ0) is 18.4. The number of amides is 1. The fourth-order valence-corrected chi connectivity index (χ4v) is 3.42. The van der Waals surface area contributed by atoms with E-state index in [0.29, 0.717) is 17.4 Å². The predicted octanol–water partition coefficient (Wildman–Crippen LogP) is 4.32. The summed E-state index contributed by atoms with van der Waals surface area (Å²) in [7, 11) is 0. The second-order valence-electron chi connectivity index (χ2n) is 5.36. The third-order valence-electron chi connectivity index (χ3n) is 3.64. The van der Waals surface area contributed by atoms with Crippen LogP contribution in [0, 0.1) is 10.1 Å². The van der Waals surface area contributed by atoms with Gasteiger partial charge in [-0.05, 0) is 25.1 Å². The topological polar surface area (TPSA) is 75.5 Å². The van der Waals surface area contributed by atoms with E-state index >= 15 is 0 Å². The van der Waals surface area contributed by atoms with E-state index in [4.69, 9.17) is 11.6 Å². The number of carbonyl (C=O) groups is 1. The molecule has 1 amide bonds. The van der Waals surface area contributed by atoms with Gasteiger partial charge in [0, 0.05) is 24.0 Å². The molecule has 2 rings (SSSR count). The molecule has 0 saturated heterocycles. The Morgan fingerprint density at radius 2 is 2.16 bits per heavy atom. The molecule has 6 nitrogen and oxygen atoms in total. The molecule has 1 heterocycles. The largest absolute Gasteiger partial charge is 0.319 e. The van der Waals surface area contributed by atoms with Crippen LogP contribution in [0.3, 0.4) is 0 Å². The normalized spacial score (nSPS) is 12.0. The van der Waals surface area contributed by atoms with E-state index in [9.17, 15) is 14.9 Å². The Balaban J connectivity index is 2.13. The van der Waals surface area contributed by atoms with Crippen molar-refractivity contribution < 1.29 is 9.72 Å². The van der Waals surface area contributed by atoms with Gasteiger partial charge in [0.15, 0.2) is 0 Å². The molecule has 0 radical (unpaired) electrons. The van der Waals surface area contributed by atoms with Crippen molar-refractivity contribution in [3.63, 3.8) is 0 Å². The number of hydrogen-bond donors (Lipinski definition) is 1. The fraction of sp³-hybridized carbons (Fsp3) is 0.235. The van der Waals surface area contributed by atoms with Gasteiger partial charge in [0.1, 0.15) is 5.69 Å². The summed E-state index contributed by atoms with van der Waals surface area (Å²) in [5, 5.41) is 13.7. The minimum atomic E-state index is -0.518. The van der Waals surface area contributed by atoms with Crippen LogP contribution < -0.4 is 5.32 Å². The Bertz CT molecular complexity index is 778. The summed E-state index contributed by atoms with van der Waals surface area (Å²) in [6, 6.07) is 9.29. The number of halogens is 1. The molecule has 0 fully saturated rings. The van der Waals surface area contributed by atoms with Crippen LogP contribution in [-0.4, -0.2) is 28.3 Å². The maximum absolute atomic E-state index is 12.6. The number of para-hydroxylation sites is 2. The van der Waals surface area contributed by atoms with Gasteiger partial charge in [-0.15, -0.1) is 17.9 Å². The van der Waals surface area contributed by atoms with E-state index in [2.05, 4.69) is 11.9 Å². The zero-order valence-corrected chi connectivity index (χ0v) is 15.2. The number of nitrogens with one attached hydrogen (secondary N) is 1. The van der Waals surface area contributed by atoms with E-state index in [1.54, 1.807) is 25.1 Å². The third-order valence-corrected chi connectivity index (χ3v) is 4.85. The van der Waals surface area contributed by atoms with E-state index in [1.807, 2.05) is 17.0 Å². The average molecular weight is 380 g/mol. The lowest BCUT2D eigenvalue weighted by Gasteiger charge is -2.26. The Morgan fingerprint density at radius 3 is 2.76 bits per heavy atom. The number of nitro benzene ring substituents is 1. The number of rotatable bonds is 8. The van der Waals surface area contributed by atoms with E-state index < -0.39 is 11.0 Å². The van der Waals surface area contributed by atoms with Crippen molar-refractivity contribution in [2.24, 2.45) is 0 Å². The SMILES string of the molecule is C=CCN(Cc1ccc(Cl)s1)[C@H](C)C(=O)Nc1ccccc1[N+](=O)[O-]. The molecule has 0 aliphatic heterocycles. The van der Waals surface area contributed by atoms with Crippen molar-refractivity contribution in [3.05, 3.63) is 68.4 Å². The monoisotopic (exact) mass is 379 g/mol. The van der Waals surface area contributed by atoms with E-state index in [0.717, 1.165) is 4.88 Å². The first-order chi connectivity index (χ1) is 11.9. The number of nitrogens with zero attached hydrogens (tertiary/aromatic N) is 2. The summed E-state index contributed by atoms with van der Waals surface area (Å²) in [5.74, 6) is -0.321. The molecule has 0 aliphatic carbocycles. The molecule has 0 unspecified atom stereocenters. The highest BCUT2D eigenvalue weighted by Gasteiger charge is 2.23. The van der Waals surface area contributed by atoms with Gasteiger partial charge in [0.05, 0.1) is 15.3 Å². The Morgan fingerprint density at radius 1 is 1.44 bits per heavy atom. The van der Waals surface area contributed by atoms with Crippen LogP contribution in [0.1, 0.15) is 11.8 Å². The maximum Gasteiger partial charge on any atom is 0.292 e. The molecule has 1 N–H and O–H groups in total. The van der Waals surface area contributed by atoms with Gasteiger partial charge in [0.2, 0.25) is 5.91 Å². The van der Waals surface area contributed by atoms with Crippen molar-refractivity contribution in [2.45, 2.75) is 19.5 Å². The maximum atomic E-state index is 12.6. The molecule has 132 valence electrons. The summed E-state index contributed by atoms with van der Waals surface area (Å²) >= 11 is 7.40. The molecule has 0 bridgehead atoms. The molecule has 0 spiro atoms. The molecule has 8 heteroatoms. The molecule has 0 aliphatic rings. The highest BCUT2D eigenvalue weighted by Crippen LogP contribution is 2.25. The molecular formula is C17H18ClN3O3S. The van der Waals surface area contributed by atoms with E-state index in [-0.39, 0.29) is 17.3 Å². The Hall–Kier alpha value is -2.22. The van der Waals surface area contributed by atoms with Gasteiger partial charge >= 0.3 is 0 Å². The molecule has 1 aromatic carbocycles. The number of thiophene rings is 1. The molecule has 0 saturated carbocycles. The summed E-state index contributed by atoms with van der Waals surface area (Å²) in [6.07, 6.45) is 1.71. The summed E-state index contributed by atoms with van der Waals surface area (Å²) in [6.45, 7) is 6.52. The lowest BCUT2D eigenvalue weighted by atomic mass is 10.2. The second-order valence-corrected chi connectivity index (χ2v) is 7.16. The Kier molecular flexibility index (Phi) is 6.69. The first-order valence-corrected chi connectivity index (χ1v) is 8.75. The van der Waals surface area contributed by atoms with Gasteiger partial charge in [-0.2, -0.15) is 0 Å². The molecule has 2 aromatic rings. The summed E-state index contributed by atoms with van der Waals surface area (Å²) in [5.41, 5.74) is 0.0467. The fourth-order valence-electron chi connectivity index (χ4n) is 2.30. The van der Waals surface area contributed by atoms with Crippen molar-refractivity contribution in [1.29, 1.82) is 0 Å². The van der Waals surface area contributed by atoms with Crippen LogP contribution in [0.2, 0.25) is 4.34 Å². The van der Waals surface area contributed by atoms with Gasteiger partial charge in [-0.25, -0.2) is 0 Å². The molecule has 1 aromatic heterocycles. The average Bonchev–Trinajstić information content (AvgIpc) is 2.99.